The number of ether oxygens (including phenoxy) is 2. The highest BCUT2D eigenvalue weighted by Crippen LogP contribution is 2.32. The number of nitrogens with one attached hydrogen (secondary N) is 4. The van der Waals surface area contributed by atoms with E-state index in [0.29, 0.717) is 41.0 Å². The first-order chi connectivity index (χ1) is 28.9. The van der Waals surface area contributed by atoms with Crippen LogP contribution < -0.4 is 31.4 Å². The molecule has 61 heavy (non-hydrogen) atoms. The van der Waals surface area contributed by atoms with Gasteiger partial charge in [0.2, 0.25) is 11.5 Å². The molecule has 1 aliphatic heterocycles. The van der Waals surface area contributed by atoms with Crippen molar-refractivity contribution in [3.63, 3.8) is 0 Å². The maximum atomic E-state index is 13.1. The summed E-state index contributed by atoms with van der Waals surface area (Å²) in [5.74, 6) is -2.77. The van der Waals surface area contributed by atoms with Crippen LogP contribution in [0, 0.1) is 0 Å². The molecular weight excluding hydrogens is 800 g/mol. The van der Waals surface area contributed by atoms with Crippen LogP contribution in [0.15, 0.2) is 95.8 Å². The van der Waals surface area contributed by atoms with E-state index in [2.05, 4.69) is 35.0 Å². The molecule has 1 fully saturated rings. The van der Waals surface area contributed by atoms with E-state index >= 15 is 0 Å². The van der Waals surface area contributed by atoms with Gasteiger partial charge in [-0.05, 0) is 59.0 Å². The highest BCUT2D eigenvalue weighted by molar-refractivity contribution is 5.93. The number of H-pyrrole nitrogens is 1. The summed E-state index contributed by atoms with van der Waals surface area (Å²) in [6.45, 7) is 2.53. The predicted molar refractivity (Wildman–Crippen MR) is 221 cm³/mol. The normalized spacial score (nSPS) is 14.3. The summed E-state index contributed by atoms with van der Waals surface area (Å²) in [7, 11) is 5.91. The van der Waals surface area contributed by atoms with E-state index in [0.717, 1.165) is 52.7 Å². The molecule has 5 aromatic rings. The fourth-order valence-electron chi connectivity index (χ4n) is 6.80. The van der Waals surface area contributed by atoms with Gasteiger partial charge in [0.25, 0.3) is 0 Å². The Labute approximate surface area is 349 Å². The van der Waals surface area contributed by atoms with Crippen LogP contribution in [0.4, 0.5) is 29.3 Å². The number of aromatic nitrogens is 1. The Morgan fingerprint density at radius 1 is 0.918 bits per heavy atom. The number of aliphatic carboxylic acids is 1. The summed E-state index contributed by atoms with van der Waals surface area (Å²) in [5, 5.41) is 39.6. The van der Waals surface area contributed by atoms with Gasteiger partial charge < -0.3 is 49.7 Å². The summed E-state index contributed by atoms with van der Waals surface area (Å²) in [6.07, 6.45) is -4.41. The maximum Gasteiger partial charge on any atom is 0.430 e. The third-order valence-corrected chi connectivity index (χ3v) is 10.1. The van der Waals surface area contributed by atoms with Crippen molar-refractivity contribution in [2.24, 2.45) is 0 Å². The van der Waals surface area contributed by atoms with Gasteiger partial charge in [0.15, 0.2) is 0 Å². The minimum Gasteiger partial charge on any atom is -0.542 e. The first-order valence-electron chi connectivity index (χ1n) is 19.4. The second kappa shape index (κ2) is 20.2. The van der Waals surface area contributed by atoms with Crippen LogP contribution >= 0.6 is 0 Å². The van der Waals surface area contributed by atoms with Crippen molar-refractivity contribution in [3.8, 4) is 22.6 Å². The molecule has 0 saturated carbocycles. The molecule has 2 amide bonds. The maximum absolute atomic E-state index is 13.1. The minimum absolute atomic E-state index is 0.0673. The molecule has 0 radical (unpaired) electrons. The van der Waals surface area contributed by atoms with Gasteiger partial charge >= 0.3 is 12.3 Å². The number of quaternary nitrogens is 1. The van der Waals surface area contributed by atoms with E-state index in [1.807, 2.05) is 60.7 Å². The number of carboxylic acid groups (broad SMARTS) is 1. The number of hydrogen-bond acceptors (Lipinski definition) is 10. The number of carbonyl (C=O) groups excluding carboxylic acids is 3. The average Bonchev–Trinajstić information content (AvgIpc) is 3.22. The zero-order chi connectivity index (χ0) is 44.3. The summed E-state index contributed by atoms with van der Waals surface area (Å²) in [6, 6.07) is 27.1. The number of halogens is 3. The van der Waals surface area contributed by atoms with Gasteiger partial charge in [0.1, 0.15) is 23.6 Å². The second-order valence-corrected chi connectivity index (χ2v) is 15.2. The Morgan fingerprint density at radius 2 is 1.61 bits per heavy atom. The highest BCUT2D eigenvalue weighted by Gasteiger charge is 2.29. The van der Waals surface area contributed by atoms with Crippen LogP contribution in [-0.4, -0.2) is 90.8 Å². The number of phenolic OH excluding ortho intramolecular Hbond substituents is 1. The van der Waals surface area contributed by atoms with E-state index in [4.69, 9.17) is 19.4 Å². The summed E-state index contributed by atoms with van der Waals surface area (Å²) < 4.78 is 43.9. The first-order valence-corrected chi connectivity index (χ1v) is 19.4. The smallest absolute Gasteiger partial charge is 0.430 e. The van der Waals surface area contributed by atoms with Gasteiger partial charge in [-0.2, -0.15) is 13.2 Å². The molecule has 6 N–H and O–H groups in total. The highest BCUT2D eigenvalue weighted by atomic mass is 19.4. The molecular formula is C44H48F3N5O9. The van der Waals surface area contributed by atoms with Crippen molar-refractivity contribution in [2.75, 3.05) is 51.5 Å². The number of carbonyl (C=O) groups is 3. The number of aryl methyl sites for hydroxylation is 1. The molecule has 0 unspecified atom stereocenters. The zero-order valence-electron chi connectivity index (χ0n) is 33.8. The lowest BCUT2D eigenvalue weighted by molar-refractivity contribution is -0.896. The van der Waals surface area contributed by atoms with Crippen LogP contribution in [0.3, 0.4) is 0 Å². The zero-order valence-corrected chi connectivity index (χ0v) is 33.8. The largest absolute Gasteiger partial charge is 0.542 e. The number of phenols is 1. The molecule has 0 bridgehead atoms. The SMILES string of the molecule is COc1cc(CNC[C@H](O)c2ccc(O)c3[nH]c(=O)ccc23)ccc1NC(=O)CCc1ccc(-c2ccccc2)c(NC(=O)OC2CC[N+](C)(C)CC2)c1.O=C([O-])C(F)(F)F. The second-order valence-electron chi connectivity index (χ2n) is 15.2. The van der Waals surface area contributed by atoms with Crippen LogP contribution in [0.2, 0.25) is 0 Å². The molecule has 1 aromatic heterocycles. The molecule has 0 aliphatic carbocycles. The van der Waals surface area contributed by atoms with Gasteiger partial charge in [-0.3, -0.25) is 14.9 Å². The summed E-state index contributed by atoms with van der Waals surface area (Å²) in [4.78, 5) is 49.3. The summed E-state index contributed by atoms with van der Waals surface area (Å²) in [5.41, 5.74) is 5.25. The number of carboxylic acids is 1. The fraction of sp³-hybridized carbons (Fsp3) is 0.318. The van der Waals surface area contributed by atoms with Crippen LogP contribution in [0.25, 0.3) is 22.0 Å². The van der Waals surface area contributed by atoms with Crippen LogP contribution in [-0.2, 0) is 27.3 Å². The number of aromatic hydroxyl groups is 1. The Morgan fingerprint density at radius 3 is 2.28 bits per heavy atom. The van der Waals surface area contributed by atoms with Crippen molar-refractivity contribution >= 4 is 40.2 Å². The molecule has 324 valence electrons. The van der Waals surface area contributed by atoms with Gasteiger partial charge in [-0.1, -0.05) is 54.6 Å². The first kappa shape index (κ1) is 45.7. The van der Waals surface area contributed by atoms with Crippen molar-refractivity contribution in [1.29, 1.82) is 0 Å². The Balaban J connectivity index is 0.000000925. The van der Waals surface area contributed by atoms with Crippen molar-refractivity contribution in [2.45, 2.75) is 50.6 Å². The number of nitrogens with zero attached hydrogens (tertiary/aromatic N) is 1. The third kappa shape index (κ3) is 13.0. The number of hydrogen-bond donors (Lipinski definition) is 6. The Hall–Kier alpha value is -6.43. The van der Waals surface area contributed by atoms with Crippen molar-refractivity contribution in [1.82, 2.24) is 10.3 Å². The number of piperidine rings is 1. The number of fused-ring (bicyclic) bond motifs is 1. The average molecular weight is 848 g/mol. The number of likely N-dealkylation sites (tertiary alicyclic amines) is 1. The number of benzene rings is 4. The molecule has 14 nitrogen and oxygen atoms in total. The van der Waals surface area contributed by atoms with E-state index < -0.39 is 24.3 Å². The minimum atomic E-state index is -5.19. The van der Waals surface area contributed by atoms with Gasteiger partial charge in [0.05, 0.1) is 57.3 Å². The standard InChI is InChI=1S/C42H47N5O7.C2HF3O2/c1-47(2)21-19-30(20-22-47)54-42(52)45-35-23-27(9-12-31(35)29-7-5-4-6-8-29)11-17-39(50)44-34-15-10-28(24-38(34)53-3)25-43-26-37(49)32-13-16-36(48)41-33(32)14-18-40(51)46-41;3-2(4,5)1(6)7/h4-10,12-16,18,23-24,30,37,43,49H,11,17,19-22,25-26H2,1-3H3,(H3-,44,45,46,48,50,51,52);(H,6,7)/t37-;/m0./s1. The van der Waals surface area contributed by atoms with Gasteiger partial charge in [-0.15, -0.1) is 0 Å². The van der Waals surface area contributed by atoms with Crippen LogP contribution in [0.1, 0.15) is 42.1 Å². The number of amides is 2. The molecule has 2 heterocycles. The number of aliphatic hydroxyl groups excluding tert-OH is 1. The fourth-order valence-corrected chi connectivity index (χ4v) is 6.80. The monoisotopic (exact) mass is 847 g/mol. The molecule has 0 spiro atoms. The lowest BCUT2D eigenvalue weighted by atomic mass is 9.99. The molecule has 17 heteroatoms. The predicted octanol–water partition coefficient (Wildman–Crippen LogP) is 5.39. The molecule has 1 aliphatic rings. The van der Waals surface area contributed by atoms with Crippen LogP contribution in [0.5, 0.6) is 11.5 Å². The molecule has 1 saturated heterocycles. The molecule has 4 aromatic carbocycles. The van der Waals surface area contributed by atoms with Crippen molar-refractivity contribution < 1.29 is 56.8 Å². The number of anilines is 2. The number of aliphatic hydroxyl groups is 1. The van der Waals surface area contributed by atoms with Gasteiger partial charge in [0, 0.05) is 49.4 Å². The Bertz CT molecular complexity index is 2380. The number of alkyl halides is 3. The van der Waals surface area contributed by atoms with E-state index in [1.54, 1.807) is 18.2 Å². The number of methoxy groups -OCH3 is 1. The molecule has 1 atom stereocenters. The van der Waals surface area contributed by atoms with E-state index in [-0.39, 0.29) is 41.8 Å². The topological polar surface area (TPSA) is 202 Å². The lowest BCUT2D eigenvalue weighted by Gasteiger charge is -2.36. The lowest BCUT2D eigenvalue weighted by Crippen LogP contribution is -2.48. The van der Waals surface area contributed by atoms with E-state index in [1.165, 1.54) is 19.2 Å². The Kier molecular flexibility index (Phi) is 15.1. The molecule has 6 rings (SSSR count). The number of aromatic amines is 1. The number of pyridine rings is 1. The number of rotatable bonds is 13. The quantitative estimate of drug-likeness (QED) is 0.0835. The van der Waals surface area contributed by atoms with Gasteiger partial charge in [-0.25, -0.2) is 4.79 Å². The third-order valence-electron chi connectivity index (χ3n) is 10.1. The summed E-state index contributed by atoms with van der Waals surface area (Å²) >= 11 is 0. The van der Waals surface area contributed by atoms with Crippen molar-refractivity contribution in [3.05, 3.63) is 118 Å². The van der Waals surface area contributed by atoms with E-state index in [9.17, 15) is 37.8 Å².